The van der Waals surface area contributed by atoms with E-state index in [1.165, 1.54) is 0 Å². The SMILES string of the molecule is C=CCNC(N)=NCc1ccc(N2CCN(C)CC2)nc1. The van der Waals surface area contributed by atoms with Gasteiger partial charge in [-0.15, -0.1) is 6.58 Å². The molecule has 0 aromatic carbocycles. The fourth-order valence-electron chi connectivity index (χ4n) is 2.14. The zero-order valence-corrected chi connectivity index (χ0v) is 12.6. The minimum atomic E-state index is 0.429. The molecule has 2 heterocycles. The molecule has 1 fully saturated rings. The third-order valence-corrected chi connectivity index (χ3v) is 3.50. The summed E-state index contributed by atoms with van der Waals surface area (Å²) in [5, 5.41) is 2.95. The molecule has 6 heteroatoms. The van der Waals surface area contributed by atoms with Crippen LogP contribution in [-0.2, 0) is 6.54 Å². The number of likely N-dealkylation sites (N-methyl/N-ethyl adjacent to an activating group) is 1. The lowest BCUT2D eigenvalue weighted by molar-refractivity contribution is 0.312. The Labute approximate surface area is 126 Å². The predicted octanol–water partition coefficient (Wildman–Crippen LogP) is 0.424. The predicted molar refractivity (Wildman–Crippen MR) is 87.5 cm³/mol. The number of piperazine rings is 1. The van der Waals surface area contributed by atoms with Gasteiger partial charge in [-0.2, -0.15) is 0 Å². The molecule has 114 valence electrons. The van der Waals surface area contributed by atoms with Crippen LogP contribution in [0.1, 0.15) is 5.56 Å². The van der Waals surface area contributed by atoms with Crippen LogP contribution in [-0.4, -0.2) is 55.6 Å². The first-order valence-corrected chi connectivity index (χ1v) is 7.22. The van der Waals surface area contributed by atoms with Crippen molar-refractivity contribution in [3.8, 4) is 0 Å². The van der Waals surface area contributed by atoms with E-state index in [1.54, 1.807) is 6.08 Å². The molecule has 1 saturated heterocycles. The highest BCUT2D eigenvalue weighted by molar-refractivity contribution is 5.77. The minimum Gasteiger partial charge on any atom is -0.370 e. The summed E-state index contributed by atoms with van der Waals surface area (Å²) in [5.74, 6) is 1.46. The largest absolute Gasteiger partial charge is 0.370 e. The topological polar surface area (TPSA) is 69.8 Å². The average Bonchev–Trinajstić information content (AvgIpc) is 2.52. The summed E-state index contributed by atoms with van der Waals surface area (Å²) in [4.78, 5) is 13.4. The number of rotatable bonds is 5. The standard InChI is InChI=1S/C15H24N6/c1-3-6-17-15(16)19-12-13-4-5-14(18-11-13)21-9-7-20(2)8-10-21/h3-5,11H,1,6-10,12H2,2H3,(H3,16,17,19). The second-order valence-electron chi connectivity index (χ2n) is 5.19. The molecule has 21 heavy (non-hydrogen) atoms. The highest BCUT2D eigenvalue weighted by Gasteiger charge is 2.14. The number of aliphatic imine (C=N–C) groups is 1. The van der Waals surface area contributed by atoms with Gasteiger partial charge in [-0.1, -0.05) is 12.1 Å². The van der Waals surface area contributed by atoms with Gasteiger partial charge < -0.3 is 20.9 Å². The maximum atomic E-state index is 5.73. The smallest absolute Gasteiger partial charge is 0.189 e. The summed E-state index contributed by atoms with van der Waals surface area (Å²) in [6.45, 7) is 8.99. The van der Waals surface area contributed by atoms with Gasteiger partial charge in [0.2, 0.25) is 0 Å². The van der Waals surface area contributed by atoms with Crippen LogP contribution >= 0.6 is 0 Å². The Morgan fingerprint density at radius 2 is 2.19 bits per heavy atom. The Bertz CT molecular complexity index is 473. The van der Waals surface area contributed by atoms with E-state index in [-0.39, 0.29) is 0 Å². The van der Waals surface area contributed by atoms with Crippen LogP contribution in [0.25, 0.3) is 0 Å². The van der Waals surface area contributed by atoms with Crippen LogP contribution in [0.3, 0.4) is 0 Å². The second kappa shape index (κ2) is 7.64. The number of nitrogens with two attached hydrogens (primary N) is 1. The van der Waals surface area contributed by atoms with E-state index in [9.17, 15) is 0 Å². The van der Waals surface area contributed by atoms with Crippen molar-refractivity contribution >= 4 is 11.8 Å². The number of anilines is 1. The van der Waals surface area contributed by atoms with Crippen molar-refractivity contribution < 1.29 is 0 Å². The van der Waals surface area contributed by atoms with E-state index >= 15 is 0 Å². The highest BCUT2D eigenvalue weighted by Crippen LogP contribution is 2.13. The molecular formula is C15H24N6. The molecule has 0 bridgehead atoms. The van der Waals surface area contributed by atoms with Gasteiger partial charge in [-0.25, -0.2) is 9.98 Å². The molecule has 1 aromatic rings. The maximum absolute atomic E-state index is 5.73. The van der Waals surface area contributed by atoms with Gasteiger partial charge in [0.15, 0.2) is 5.96 Å². The molecular weight excluding hydrogens is 264 g/mol. The molecule has 1 aliphatic heterocycles. The Morgan fingerprint density at radius 3 is 2.81 bits per heavy atom. The zero-order valence-electron chi connectivity index (χ0n) is 12.6. The van der Waals surface area contributed by atoms with E-state index in [2.05, 4.69) is 50.9 Å². The number of hydrogen-bond donors (Lipinski definition) is 2. The number of guanidine groups is 1. The van der Waals surface area contributed by atoms with Crippen LogP contribution in [0.15, 0.2) is 36.0 Å². The van der Waals surface area contributed by atoms with Crippen LogP contribution in [0.2, 0.25) is 0 Å². The molecule has 0 amide bonds. The van der Waals surface area contributed by atoms with Crippen molar-refractivity contribution in [2.24, 2.45) is 10.7 Å². The van der Waals surface area contributed by atoms with Gasteiger partial charge in [0.25, 0.3) is 0 Å². The highest BCUT2D eigenvalue weighted by atomic mass is 15.3. The summed E-state index contributed by atoms with van der Waals surface area (Å²) >= 11 is 0. The quantitative estimate of drug-likeness (QED) is 0.467. The summed E-state index contributed by atoms with van der Waals surface area (Å²) in [7, 11) is 2.15. The first-order chi connectivity index (χ1) is 10.2. The van der Waals surface area contributed by atoms with Gasteiger partial charge in [0.1, 0.15) is 5.82 Å². The molecule has 0 radical (unpaired) electrons. The van der Waals surface area contributed by atoms with Gasteiger partial charge >= 0.3 is 0 Å². The zero-order chi connectivity index (χ0) is 15.1. The first kappa shape index (κ1) is 15.3. The lowest BCUT2D eigenvalue weighted by atomic mass is 10.2. The molecule has 6 nitrogen and oxygen atoms in total. The monoisotopic (exact) mass is 288 g/mol. The third-order valence-electron chi connectivity index (χ3n) is 3.50. The number of pyridine rings is 1. The third kappa shape index (κ3) is 4.75. The van der Waals surface area contributed by atoms with E-state index in [0.29, 0.717) is 19.0 Å². The molecule has 0 aliphatic carbocycles. The van der Waals surface area contributed by atoms with Gasteiger partial charge in [0.05, 0.1) is 6.54 Å². The molecule has 0 saturated carbocycles. The van der Waals surface area contributed by atoms with Crippen molar-refractivity contribution in [1.82, 2.24) is 15.2 Å². The van der Waals surface area contributed by atoms with Crippen LogP contribution in [0.4, 0.5) is 5.82 Å². The fourth-order valence-corrected chi connectivity index (χ4v) is 2.14. The minimum absolute atomic E-state index is 0.429. The molecule has 3 N–H and O–H groups in total. The Kier molecular flexibility index (Phi) is 5.57. The number of nitrogens with one attached hydrogen (secondary N) is 1. The molecule has 2 rings (SSSR count). The number of hydrogen-bond acceptors (Lipinski definition) is 4. The van der Waals surface area contributed by atoms with Crippen molar-refractivity contribution in [3.05, 3.63) is 36.5 Å². The van der Waals surface area contributed by atoms with Gasteiger partial charge in [-0.05, 0) is 18.7 Å². The Hall–Kier alpha value is -2.08. The van der Waals surface area contributed by atoms with Crippen LogP contribution in [0, 0.1) is 0 Å². The lowest BCUT2D eigenvalue weighted by Gasteiger charge is -2.33. The number of aromatic nitrogens is 1. The first-order valence-electron chi connectivity index (χ1n) is 7.22. The summed E-state index contributed by atoms with van der Waals surface area (Å²) in [6, 6.07) is 4.12. The molecule has 0 atom stereocenters. The van der Waals surface area contributed by atoms with Crippen LogP contribution in [0.5, 0.6) is 0 Å². The maximum Gasteiger partial charge on any atom is 0.189 e. The average molecular weight is 288 g/mol. The van der Waals surface area contributed by atoms with E-state index in [1.807, 2.05) is 6.20 Å². The van der Waals surface area contributed by atoms with Crippen molar-refractivity contribution in [2.75, 3.05) is 44.7 Å². The van der Waals surface area contributed by atoms with Crippen molar-refractivity contribution in [2.45, 2.75) is 6.54 Å². The van der Waals surface area contributed by atoms with E-state index in [0.717, 1.165) is 37.6 Å². The molecule has 0 spiro atoms. The lowest BCUT2D eigenvalue weighted by Crippen LogP contribution is -2.44. The fraction of sp³-hybridized carbons (Fsp3) is 0.467. The van der Waals surface area contributed by atoms with E-state index in [4.69, 9.17) is 5.73 Å². The summed E-state index contributed by atoms with van der Waals surface area (Å²) in [6.07, 6.45) is 3.62. The van der Waals surface area contributed by atoms with Gasteiger partial charge in [-0.3, -0.25) is 0 Å². The molecule has 1 aliphatic rings. The Balaban J connectivity index is 1.88. The van der Waals surface area contributed by atoms with E-state index < -0.39 is 0 Å². The second-order valence-corrected chi connectivity index (χ2v) is 5.19. The Morgan fingerprint density at radius 1 is 1.43 bits per heavy atom. The van der Waals surface area contributed by atoms with Crippen molar-refractivity contribution in [3.63, 3.8) is 0 Å². The number of nitrogens with zero attached hydrogens (tertiary/aromatic N) is 4. The summed E-state index contributed by atoms with van der Waals surface area (Å²) in [5.41, 5.74) is 6.78. The van der Waals surface area contributed by atoms with Gasteiger partial charge in [0, 0.05) is 38.9 Å². The molecule has 0 unspecified atom stereocenters. The molecule has 1 aromatic heterocycles. The van der Waals surface area contributed by atoms with Crippen molar-refractivity contribution in [1.29, 1.82) is 0 Å². The van der Waals surface area contributed by atoms with Crippen LogP contribution < -0.4 is 16.0 Å². The summed E-state index contributed by atoms with van der Waals surface area (Å²) < 4.78 is 0. The normalized spacial score (nSPS) is 16.8.